The van der Waals surface area contributed by atoms with Crippen LogP contribution in [0.25, 0.3) is 6.08 Å². The van der Waals surface area contributed by atoms with E-state index < -0.39 is 42.8 Å². The lowest BCUT2D eigenvalue weighted by molar-refractivity contribution is -0.284. The molecule has 0 unspecified atom stereocenters. The molecule has 0 saturated heterocycles. The van der Waals surface area contributed by atoms with E-state index >= 15 is 0 Å². The van der Waals surface area contributed by atoms with Crippen molar-refractivity contribution in [3.8, 4) is 11.5 Å². The Morgan fingerprint density at radius 1 is 0.646 bits per heavy atom. The molecule has 4 N–H and O–H groups in total. The van der Waals surface area contributed by atoms with Crippen molar-refractivity contribution in [2.75, 3.05) is 31.3 Å². The summed E-state index contributed by atoms with van der Waals surface area (Å²) in [6.07, 6.45) is -1.87. The molecule has 0 bridgehead atoms. The molecule has 3 rings (SSSR count). The predicted molar refractivity (Wildman–Crippen MR) is 168 cm³/mol. The number of carbonyl (C=O) groups excluding carboxylic acids is 3. The molecule has 0 aliphatic rings. The molecule has 48 heavy (non-hydrogen) atoms. The zero-order valence-electron chi connectivity index (χ0n) is 25.8. The first-order valence-corrected chi connectivity index (χ1v) is 14.9. The second-order valence-electron chi connectivity index (χ2n) is 10.6. The van der Waals surface area contributed by atoms with Crippen LogP contribution in [0.3, 0.4) is 0 Å². The number of hydrogen-bond acceptors (Lipinski definition) is 9. The van der Waals surface area contributed by atoms with Crippen molar-refractivity contribution in [3.63, 3.8) is 0 Å². The van der Waals surface area contributed by atoms with Crippen molar-refractivity contribution >= 4 is 35.4 Å². The van der Waals surface area contributed by atoms with E-state index in [0.29, 0.717) is 35.3 Å². The van der Waals surface area contributed by atoms with Gasteiger partial charge in [-0.3, -0.25) is 0 Å². The molecule has 0 aliphatic heterocycles. The van der Waals surface area contributed by atoms with Gasteiger partial charge in [-0.15, -0.1) is 0 Å². The lowest BCUT2D eigenvalue weighted by atomic mass is 10.2. The Hall–Kier alpha value is -5.14. The van der Waals surface area contributed by atoms with Crippen LogP contribution in [0.1, 0.15) is 64.8 Å². The molecular formula is C34H35F5N2O7. The molecule has 0 radical (unpaired) electrons. The van der Waals surface area contributed by atoms with Crippen LogP contribution in [0.5, 0.6) is 11.5 Å². The third-order valence-electron chi connectivity index (χ3n) is 6.64. The summed E-state index contributed by atoms with van der Waals surface area (Å²) in [5.41, 5.74) is 13.2. The molecule has 0 amide bonds. The van der Waals surface area contributed by atoms with E-state index in [1.165, 1.54) is 54.6 Å². The Balaban J connectivity index is 1.29. The number of nitrogens with two attached hydrogens (primary N) is 2. The second kappa shape index (κ2) is 17.7. The molecule has 0 aromatic heterocycles. The van der Waals surface area contributed by atoms with E-state index in [9.17, 15) is 36.3 Å². The van der Waals surface area contributed by atoms with Crippen LogP contribution in [0.2, 0.25) is 0 Å². The number of carbonyl (C=O) groups is 3. The van der Waals surface area contributed by atoms with Gasteiger partial charge in [-0.25, -0.2) is 14.4 Å². The molecule has 0 heterocycles. The van der Waals surface area contributed by atoms with Gasteiger partial charge < -0.3 is 30.4 Å². The van der Waals surface area contributed by atoms with E-state index in [1.54, 1.807) is 24.3 Å². The van der Waals surface area contributed by atoms with Gasteiger partial charge in [0, 0.05) is 23.9 Å². The number of alkyl halides is 5. The van der Waals surface area contributed by atoms with Crippen LogP contribution in [0.4, 0.5) is 33.3 Å². The highest BCUT2D eigenvalue weighted by Crippen LogP contribution is 2.38. The summed E-state index contributed by atoms with van der Waals surface area (Å²) in [6.45, 7) is 0.112. The number of unbranched alkanes of at least 4 members (excludes halogenated alkanes) is 3. The molecule has 9 nitrogen and oxygen atoms in total. The van der Waals surface area contributed by atoms with E-state index in [-0.39, 0.29) is 36.9 Å². The van der Waals surface area contributed by atoms with Gasteiger partial charge in [-0.2, -0.15) is 22.0 Å². The monoisotopic (exact) mass is 678 g/mol. The minimum absolute atomic E-state index is 0.154. The Labute approximate surface area is 273 Å². The van der Waals surface area contributed by atoms with Crippen LogP contribution in [0, 0.1) is 0 Å². The average molecular weight is 679 g/mol. The summed E-state index contributed by atoms with van der Waals surface area (Å²) in [5.74, 6) is -6.07. The van der Waals surface area contributed by atoms with Crippen molar-refractivity contribution in [2.24, 2.45) is 0 Å². The van der Waals surface area contributed by atoms with Crippen LogP contribution in [-0.4, -0.2) is 49.8 Å². The highest BCUT2D eigenvalue weighted by molar-refractivity contribution is 5.92. The van der Waals surface area contributed by atoms with E-state index in [0.717, 1.165) is 12.8 Å². The largest absolute Gasteiger partial charge is 0.494 e. The van der Waals surface area contributed by atoms with Crippen molar-refractivity contribution in [1.29, 1.82) is 0 Å². The van der Waals surface area contributed by atoms with Crippen LogP contribution in [-0.2, 0) is 14.3 Å². The summed E-state index contributed by atoms with van der Waals surface area (Å²) in [6, 6.07) is 16.3. The Morgan fingerprint density at radius 3 is 1.83 bits per heavy atom. The normalized spacial score (nSPS) is 11.7. The first-order chi connectivity index (χ1) is 22.7. The number of benzene rings is 3. The Kier molecular flexibility index (Phi) is 13.8. The second-order valence-corrected chi connectivity index (χ2v) is 10.6. The lowest BCUT2D eigenvalue weighted by Crippen LogP contribution is -2.36. The van der Waals surface area contributed by atoms with E-state index in [4.69, 9.17) is 30.4 Å². The highest BCUT2D eigenvalue weighted by Gasteiger charge is 2.56. The molecule has 258 valence electrons. The molecule has 3 aromatic carbocycles. The van der Waals surface area contributed by atoms with Gasteiger partial charge >= 0.3 is 30.0 Å². The fraction of sp³-hybridized carbons (Fsp3) is 0.324. The zero-order valence-corrected chi connectivity index (χ0v) is 25.8. The van der Waals surface area contributed by atoms with Crippen LogP contribution < -0.4 is 20.9 Å². The van der Waals surface area contributed by atoms with Crippen molar-refractivity contribution < 1.29 is 55.3 Å². The number of halogens is 5. The molecule has 0 atom stereocenters. The minimum atomic E-state index is -5.61. The molecule has 0 fully saturated rings. The SMILES string of the molecule is Nc1cc(N)cc(C(=O)OCCCCCCOC(=O)/C=C/c2ccc(OC(=O)c3ccc(OCCCC(F)(F)C(F)(F)F)cc3)cc2)c1. The van der Waals surface area contributed by atoms with Crippen LogP contribution in [0.15, 0.2) is 72.8 Å². The third kappa shape index (κ3) is 12.6. The maximum Gasteiger partial charge on any atom is 0.453 e. The summed E-state index contributed by atoms with van der Waals surface area (Å²) >= 11 is 0. The number of ether oxygens (including phenoxy) is 4. The number of esters is 3. The number of anilines is 2. The fourth-order valence-corrected chi connectivity index (χ4v) is 4.11. The third-order valence-corrected chi connectivity index (χ3v) is 6.64. The van der Waals surface area contributed by atoms with Gasteiger partial charge in [0.25, 0.3) is 0 Å². The first kappa shape index (κ1) is 37.3. The Morgan fingerprint density at radius 2 is 1.23 bits per heavy atom. The van der Waals surface area contributed by atoms with E-state index in [2.05, 4.69) is 0 Å². The number of rotatable bonds is 17. The van der Waals surface area contributed by atoms with Gasteiger partial charge in [0.1, 0.15) is 11.5 Å². The van der Waals surface area contributed by atoms with Crippen LogP contribution >= 0.6 is 0 Å². The Bertz CT molecular complexity index is 1520. The molecule has 3 aromatic rings. The average Bonchev–Trinajstić information content (AvgIpc) is 3.03. The molecule has 0 spiro atoms. The van der Waals surface area contributed by atoms with Gasteiger partial charge in [0.05, 0.1) is 30.9 Å². The van der Waals surface area contributed by atoms with Gasteiger partial charge in [-0.05, 0) is 98.3 Å². The topological polar surface area (TPSA) is 140 Å². The molecule has 14 heteroatoms. The van der Waals surface area contributed by atoms with Gasteiger partial charge in [0.15, 0.2) is 0 Å². The summed E-state index contributed by atoms with van der Waals surface area (Å²) < 4.78 is 83.5. The smallest absolute Gasteiger partial charge is 0.453 e. The standard InChI is InChI=1S/C34H35F5N2O7/c35-33(36,34(37,38)39)16-5-19-45-28-13-9-24(10-14-28)32(44)48-29-11-6-23(7-12-29)8-15-30(42)46-17-3-1-2-4-18-47-31(43)25-20-26(40)22-27(41)21-25/h6-15,20-22H,1-5,16-19,40-41H2/b15-8+. The van der Waals surface area contributed by atoms with E-state index in [1.807, 2.05) is 0 Å². The maximum atomic E-state index is 13.0. The first-order valence-electron chi connectivity index (χ1n) is 14.9. The predicted octanol–water partition coefficient (Wildman–Crippen LogP) is 7.40. The van der Waals surface area contributed by atoms with Crippen molar-refractivity contribution in [2.45, 2.75) is 50.6 Å². The zero-order chi connectivity index (χ0) is 35.2. The van der Waals surface area contributed by atoms with Gasteiger partial charge in [0.2, 0.25) is 0 Å². The van der Waals surface area contributed by atoms with Gasteiger partial charge in [-0.1, -0.05) is 12.1 Å². The number of hydrogen-bond donors (Lipinski definition) is 2. The summed E-state index contributed by atoms with van der Waals surface area (Å²) in [5, 5.41) is 0. The fourth-order valence-electron chi connectivity index (χ4n) is 4.11. The summed E-state index contributed by atoms with van der Waals surface area (Å²) in [7, 11) is 0. The molecule has 0 saturated carbocycles. The highest BCUT2D eigenvalue weighted by atomic mass is 19.4. The lowest BCUT2D eigenvalue weighted by Gasteiger charge is -2.19. The number of nitrogen functional groups attached to an aromatic ring is 2. The maximum absolute atomic E-state index is 13.0. The molecular weight excluding hydrogens is 643 g/mol. The quantitative estimate of drug-likeness (QED) is 0.0373. The van der Waals surface area contributed by atoms with Crippen molar-refractivity contribution in [3.05, 3.63) is 89.5 Å². The minimum Gasteiger partial charge on any atom is -0.494 e. The molecule has 0 aliphatic carbocycles. The summed E-state index contributed by atoms with van der Waals surface area (Å²) in [4.78, 5) is 36.5. The van der Waals surface area contributed by atoms with Crippen molar-refractivity contribution in [1.82, 2.24) is 0 Å².